The summed E-state index contributed by atoms with van der Waals surface area (Å²) in [4.78, 5) is 6.32. The summed E-state index contributed by atoms with van der Waals surface area (Å²) in [6, 6.07) is 0.751. The van der Waals surface area contributed by atoms with Crippen LogP contribution in [-0.4, -0.2) is 17.6 Å². The molecule has 1 aliphatic carbocycles. The van der Waals surface area contributed by atoms with Crippen molar-refractivity contribution in [3.05, 3.63) is 15.6 Å². The van der Waals surface area contributed by atoms with Crippen molar-refractivity contribution >= 4 is 11.3 Å². The first-order valence-corrected chi connectivity index (χ1v) is 8.21. The van der Waals surface area contributed by atoms with Crippen molar-refractivity contribution in [2.45, 2.75) is 70.6 Å². The van der Waals surface area contributed by atoms with E-state index in [0.717, 1.165) is 25.6 Å². The molecule has 0 amide bonds. The quantitative estimate of drug-likeness (QED) is 0.916. The molecule has 4 heteroatoms. The summed E-state index contributed by atoms with van der Waals surface area (Å²) in [5, 5.41) is 4.81. The molecule has 1 aromatic rings. The number of ether oxygens (including phenoxy) is 1. The van der Waals surface area contributed by atoms with E-state index in [0.29, 0.717) is 0 Å². The maximum atomic E-state index is 5.79. The van der Waals surface area contributed by atoms with Crippen molar-refractivity contribution in [3.63, 3.8) is 0 Å². The Morgan fingerprint density at radius 2 is 2.11 bits per heavy atom. The number of thiazole rings is 1. The van der Waals surface area contributed by atoms with E-state index >= 15 is 0 Å². The van der Waals surface area contributed by atoms with Crippen LogP contribution in [0.15, 0.2) is 0 Å². The lowest BCUT2D eigenvalue weighted by molar-refractivity contribution is 0.111. The van der Waals surface area contributed by atoms with E-state index in [1.54, 1.807) is 0 Å². The predicted octanol–water partition coefficient (Wildman–Crippen LogP) is 3.54. The van der Waals surface area contributed by atoms with Crippen molar-refractivity contribution in [1.29, 1.82) is 0 Å². The molecule has 106 valence electrons. The molecular formula is C15H24N2OS. The van der Waals surface area contributed by atoms with Crippen LogP contribution in [0.4, 0.5) is 0 Å². The van der Waals surface area contributed by atoms with Gasteiger partial charge in [-0.1, -0.05) is 20.8 Å². The number of nitrogens with zero attached hydrogens (tertiary/aromatic N) is 1. The monoisotopic (exact) mass is 280 g/mol. The maximum absolute atomic E-state index is 5.79. The topological polar surface area (TPSA) is 34.1 Å². The van der Waals surface area contributed by atoms with E-state index in [-0.39, 0.29) is 11.5 Å². The maximum Gasteiger partial charge on any atom is 0.122 e. The number of aromatic nitrogens is 1. The molecule has 0 spiro atoms. The highest BCUT2D eigenvalue weighted by Crippen LogP contribution is 2.37. The Labute approximate surface area is 119 Å². The standard InChI is InChI=1S/C15H24N2OS/c1-15(2,3)13-12(9-16-10-6-7-10)19-14(17-13)11-5-4-8-18-11/h10-11,16H,4-9H2,1-3H3. The number of hydrogen-bond acceptors (Lipinski definition) is 4. The van der Waals surface area contributed by atoms with Crippen LogP contribution in [0.1, 0.15) is 68.1 Å². The van der Waals surface area contributed by atoms with Gasteiger partial charge in [0.05, 0.1) is 5.69 Å². The molecule has 0 radical (unpaired) electrons. The van der Waals surface area contributed by atoms with Gasteiger partial charge in [-0.05, 0) is 25.7 Å². The van der Waals surface area contributed by atoms with Gasteiger partial charge in [0.2, 0.25) is 0 Å². The summed E-state index contributed by atoms with van der Waals surface area (Å²) in [6.45, 7) is 8.62. The Morgan fingerprint density at radius 1 is 1.32 bits per heavy atom. The molecule has 3 rings (SSSR count). The third kappa shape index (κ3) is 3.18. The Hall–Kier alpha value is -0.450. The minimum atomic E-state index is 0.119. The summed E-state index contributed by atoms with van der Waals surface area (Å²) in [7, 11) is 0. The zero-order valence-electron chi connectivity index (χ0n) is 12.2. The van der Waals surface area contributed by atoms with E-state index in [1.165, 1.54) is 34.8 Å². The highest BCUT2D eigenvalue weighted by atomic mass is 32.1. The first-order valence-electron chi connectivity index (χ1n) is 7.39. The Morgan fingerprint density at radius 3 is 2.68 bits per heavy atom. The zero-order valence-corrected chi connectivity index (χ0v) is 13.0. The van der Waals surface area contributed by atoms with Gasteiger partial charge in [-0.25, -0.2) is 4.98 Å². The second kappa shape index (κ2) is 5.15. The summed E-state index contributed by atoms with van der Waals surface area (Å²) in [5.74, 6) is 0. The van der Waals surface area contributed by atoms with Gasteiger partial charge in [0.15, 0.2) is 0 Å². The van der Waals surface area contributed by atoms with E-state index in [9.17, 15) is 0 Å². The molecule has 1 aliphatic heterocycles. The fourth-order valence-corrected chi connectivity index (χ4v) is 3.82. The molecule has 2 fully saturated rings. The minimum absolute atomic E-state index is 0.119. The van der Waals surface area contributed by atoms with Crippen molar-refractivity contribution in [1.82, 2.24) is 10.3 Å². The Bertz CT molecular complexity index is 439. The van der Waals surface area contributed by atoms with Crippen molar-refractivity contribution in [3.8, 4) is 0 Å². The molecule has 1 unspecified atom stereocenters. The molecule has 2 heterocycles. The van der Waals surface area contributed by atoms with Crippen LogP contribution >= 0.6 is 11.3 Å². The highest BCUT2D eigenvalue weighted by molar-refractivity contribution is 7.11. The largest absolute Gasteiger partial charge is 0.371 e. The average Bonchev–Trinajstić information content (AvgIpc) is 2.87. The van der Waals surface area contributed by atoms with Gasteiger partial charge in [0.1, 0.15) is 11.1 Å². The first-order chi connectivity index (χ1) is 9.04. The molecule has 0 bridgehead atoms. The number of hydrogen-bond donors (Lipinski definition) is 1. The molecule has 0 aromatic carbocycles. The fourth-order valence-electron chi connectivity index (χ4n) is 2.51. The predicted molar refractivity (Wildman–Crippen MR) is 78.6 cm³/mol. The lowest BCUT2D eigenvalue weighted by Gasteiger charge is -2.17. The van der Waals surface area contributed by atoms with Crippen LogP contribution in [0.25, 0.3) is 0 Å². The van der Waals surface area contributed by atoms with Gasteiger partial charge >= 0.3 is 0 Å². The zero-order chi connectivity index (χ0) is 13.5. The summed E-state index contributed by atoms with van der Waals surface area (Å²) in [5.41, 5.74) is 1.38. The highest BCUT2D eigenvalue weighted by Gasteiger charge is 2.29. The van der Waals surface area contributed by atoms with Crippen LogP contribution in [0.5, 0.6) is 0 Å². The van der Waals surface area contributed by atoms with Gasteiger partial charge in [-0.3, -0.25) is 0 Å². The van der Waals surface area contributed by atoms with Crippen molar-refractivity contribution in [2.75, 3.05) is 6.61 Å². The normalized spacial score (nSPS) is 24.1. The third-order valence-electron chi connectivity index (χ3n) is 3.76. The fraction of sp³-hybridized carbons (Fsp3) is 0.800. The summed E-state index contributed by atoms with van der Waals surface area (Å²) in [6.07, 6.45) is 5.22. The second-order valence-corrected chi connectivity index (χ2v) is 7.85. The van der Waals surface area contributed by atoms with Gasteiger partial charge in [-0.15, -0.1) is 11.3 Å². The number of nitrogens with one attached hydrogen (secondary N) is 1. The third-order valence-corrected chi connectivity index (χ3v) is 4.91. The van der Waals surface area contributed by atoms with Crippen LogP contribution in [-0.2, 0) is 16.7 Å². The molecule has 1 aromatic heterocycles. The molecule has 2 aliphatic rings. The summed E-state index contributed by atoms with van der Waals surface area (Å²) < 4.78 is 5.79. The van der Waals surface area contributed by atoms with Crippen molar-refractivity contribution in [2.24, 2.45) is 0 Å². The Balaban J connectivity index is 1.81. The summed E-state index contributed by atoms with van der Waals surface area (Å²) >= 11 is 1.85. The van der Waals surface area contributed by atoms with Crippen LogP contribution < -0.4 is 5.32 Å². The molecule has 1 saturated heterocycles. The van der Waals surface area contributed by atoms with E-state index in [2.05, 4.69) is 26.1 Å². The van der Waals surface area contributed by atoms with E-state index in [1.807, 2.05) is 11.3 Å². The minimum Gasteiger partial charge on any atom is -0.371 e. The van der Waals surface area contributed by atoms with Gasteiger partial charge in [-0.2, -0.15) is 0 Å². The van der Waals surface area contributed by atoms with Gasteiger partial charge in [0.25, 0.3) is 0 Å². The van der Waals surface area contributed by atoms with Gasteiger partial charge in [0, 0.05) is 29.5 Å². The van der Waals surface area contributed by atoms with Crippen LogP contribution in [0.3, 0.4) is 0 Å². The van der Waals surface area contributed by atoms with E-state index < -0.39 is 0 Å². The number of rotatable bonds is 4. The molecule has 1 N–H and O–H groups in total. The van der Waals surface area contributed by atoms with Crippen LogP contribution in [0.2, 0.25) is 0 Å². The lowest BCUT2D eigenvalue weighted by Crippen LogP contribution is -2.20. The first kappa shape index (κ1) is 13.5. The average molecular weight is 280 g/mol. The SMILES string of the molecule is CC(C)(C)c1nc(C2CCCO2)sc1CNC1CC1. The molecule has 19 heavy (non-hydrogen) atoms. The van der Waals surface area contributed by atoms with Gasteiger partial charge < -0.3 is 10.1 Å². The lowest BCUT2D eigenvalue weighted by atomic mass is 9.91. The van der Waals surface area contributed by atoms with E-state index in [4.69, 9.17) is 9.72 Å². The molecule has 1 saturated carbocycles. The molecule has 3 nitrogen and oxygen atoms in total. The smallest absolute Gasteiger partial charge is 0.122 e. The van der Waals surface area contributed by atoms with Crippen molar-refractivity contribution < 1.29 is 4.74 Å². The van der Waals surface area contributed by atoms with Crippen LogP contribution in [0, 0.1) is 0 Å². The molecule has 1 atom stereocenters. The Kier molecular flexibility index (Phi) is 3.67. The molecular weight excluding hydrogens is 256 g/mol. The second-order valence-electron chi connectivity index (χ2n) is 6.73.